The van der Waals surface area contributed by atoms with Gasteiger partial charge in [0, 0.05) is 6.42 Å². The summed E-state index contributed by atoms with van der Waals surface area (Å²) in [5, 5.41) is 23.5. The second kappa shape index (κ2) is 39.3. The standard InChI is InChI=1S/C45H83NO5/c1-4-7-10-13-16-19-21-23-25-27-30-33-36-41(51-45(50)38-35-32-29-26-22-20-17-14-11-8-5-2)39-44(49)46-42(40-47)43(48)37-34-31-28-24-18-15-12-9-6-3/h7,10,16,19,23,25,41-43,47-48H,4-6,8-9,11-15,17-18,20-22,24,26-40H2,1-3H3,(H,46,49)/b10-7+,19-16+,25-23+. The third-order valence-corrected chi connectivity index (χ3v) is 9.73. The molecular formula is C45H83NO5. The summed E-state index contributed by atoms with van der Waals surface area (Å²) in [4.78, 5) is 25.9. The van der Waals surface area contributed by atoms with Gasteiger partial charge in [-0.25, -0.2) is 0 Å². The van der Waals surface area contributed by atoms with Crippen LogP contribution in [-0.4, -0.2) is 46.9 Å². The van der Waals surface area contributed by atoms with E-state index in [9.17, 15) is 19.8 Å². The lowest BCUT2D eigenvalue weighted by atomic mass is 10.0. The van der Waals surface area contributed by atoms with Crippen LogP contribution in [0.4, 0.5) is 0 Å². The molecule has 6 heteroatoms. The summed E-state index contributed by atoms with van der Waals surface area (Å²) >= 11 is 0. The third kappa shape index (κ3) is 34.9. The molecule has 0 aromatic rings. The minimum absolute atomic E-state index is 0.0539. The monoisotopic (exact) mass is 718 g/mol. The molecule has 0 aromatic carbocycles. The predicted octanol–water partition coefficient (Wildman–Crippen LogP) is 12.2. The van der Waals surface area contributed by atoms with Crippen LogP contribution in [0.2, 0.25) is 0 Å². The lowest BCUT2D eigenvalue weighted by Crippen LogP contribution is -2.46. The van der Waals surface area contributed by atoms with Crippen molar-refractivity contribution < 1.29 is 24.5 Å². The highest BCUT2D eigenvalue weighted by molar-refractivity contribution is 5.77. The Morgan fingerprint density at radius 1 is 0.588 bits per heavy atom. The fraction of sp³-hybridized carbons (Fsp3) is 0.822. The van der Waals surface area contributed by atoms with E-state index in [-0.39, 0.29) is 24.9 Å². The van der Waals surface area contributed by atoms with E-state index < -0.39 is 18.2 Å². The van der Waals surface area contributed by atoms with E-state index in [1.807, 2.05) is 0 Å². The normalized spacial score (nSPS) is 13.7. The van der Waals surface area contributed by atoms with E-state index in [1.165, 1.54) is 89.9 Å². The summed E-state index contributed by atoms with van der Waals surface area (Å²) in [7, 11) is 0. The number of amides is 1. The molecule has 0 aliphatic carbocycles. The Hall–Kier alpha value is -1.92. The van der Waals surface area contributed by atoms with Gasteiger partial charge in [0.15, 0.2) is 0 Å². The van der Waals surface area contributed by atoms with Crippen LogP contribution >= 0.6 is 0 Å². The van der Waals surface area contributed by atoms with Gasteiger partial charge in [0.2, 0.25) is 5.91 Å². The summed E-state index contributed by atoms with van der Waals surface area (Å²) in [6.07, 6.45) is 43.5. The van der Waals surface area contributed by atoms with Gasteiger partial charge in [-0.05, 0) is 57.8 Å². The van der Waals surface area contributed by atoms with E-state index in [1.54, 1.807) is 0 Å². The molecule has 1 amide bonds. The summed E-state index contributed by atoms with van der Waals surface area (Å²) in [6, 6.07) is -0.707. The maximum Gasteiger partial charge on any atom is 0.306 e. The van der Waals surface area contributed by atoms with Crippen molar-refractivity contribution in [3.05, 3.63) is 36.5 Å². The van der Waals surface area contributed by atoms with Crippen molar-refractivity contribution in [3.63, 3.8) is 0 Å². The van der Waals surface area contributed by atoms with Crippen LogP contribution in [0.15, 0.2) is 36.5 Å². The molecule has 0 aliphatic heterocycles. The molecule has 298 valence electrons. The lowest BCUT2D eigenvalue weighted by molar-refractivity contribution is -0.151. The van der Waals surface area contributed by atoms with Crippen LogP contribution in [0.25, 0.3) is 0 Å². The van der Waals surface area contributed by atoms with Crippen molar-refractivity contribution in [1.29, 1.82) is 0 Å². The van der Waals surface area contributed by atoms with Gasteiger partial charge < -0.3 is 20.3 Å². The first-order valence-corrected chi connectivity index (χ1v) is 21.7. The zero-order chi connectivity index (χ0) is 37.5. The minimum Gasteiger partial charge on any atom is -0.462 e. The maximum atomic E-state index is 13.1. The SMILES string of the molecule is CC/C=C/C/C=C/C/C=C/CCCCC(CC(=O)NC(CO)C(O)CCCCCCCCCCC)OC(=O)CCCCCCCCCCCCC. The highest BCUT2D eigenvalue weighted by atomic mass is 16.5. The summed E-state index contributed by atoms with van der Waals surface area (Å²) < 4.78 is 5.86. The molecule has 3 N–H and O–H groups in total. The summed E-state index contributed by atoms with van der Waals surface area (Å²) in [5.41, 5.74) is 0. The van der Waals surface area contributed by atoms with Crippen LogP contribution in [0.3, 0.4) is 0 Å². The highest BCUT2D eigenvalue weighted by Crippen LogP contribution is 2.17. The van der Waals surface area contributed by atoms with Gasteiger partial charge in [-0.3, -0.25) is 9.59 Å². The van der Waals surface area contributed by atoms with Gasteiger partial charge in [-0.1, -0.05) is 179 Å². The van der Waals surface area contributed by atoms with Gasteiger partial charge in [0.25, 0.3) is 0 Å². The van der Waals surface area contributed by atoms with Crippen molar-refractivity contribution >= 4 is 11.9 Å². The van der Waals surface area contributed by atoms with Gasteiger partial charge in [0.05, 0.1) is 25.2 Å². The number of rotatable bonds is 38. The van der Waals surface area contributed by atoms with Crippen molar-refractivity contribution in [2.75, 3.05) is 6.61 Å². The zero-order valence-corrected chi connectivity index (χ0v) is 33.7. The number of hydrogen-bond acceptors (Lipinski definition) is 5. The number of unbranched alkanes of at least 4 members (excludes halogenated alkanes) is 20. The van der Waals surface area contributed by atoms with E-state index in [0.29, 0.717) is 19.3 Å². The largest absolute Gasteiger partial charge is 0.462 e. The number of hydrogen-bond donors (Lipinski definition) is 3. The van der Waals surface area contributed by atoms with E-state index >= 15 is 0 Å². The molecule has 3 atom stereocenters. The van der Waals surface area contributed by atoms with E-state index in [4.69, 9.17) is 4.74 Å². The number of aliphatic hydroxyl groups is 2. The highest BCUT2D eigenvalue weighted by Gasteiger charge is 2.24. The summed E-state index contributed by atoms with van der Waals surface area (Å²) in [6.45, 7) is 6.31. The zero-order valence-electron chi connectivity index (χ0n) is 33.7. The Morgan fingerprint density at radius 2 is 1.06 bits per heavy atom. The number of carbonyl (C=O) groups is 2. The van der Waals surface area contributed by atoms with Gasteiger partial charge >= 0.3 is 5.97 Å². The minimum atomic E-state index is -0.792. The summed E-state index contributed by atoms with van der Waals surface area (Å²) in [5.74, 6) is -0.513. The molecular weight excluding hydrogens is 634 g/mol. The van der Waals surface area contributed by atoms with Crippen LogP contribution < -0.4 is 5.32 Å². The number of esters is 1. The number of carbonyl (C=O) groups excluding carboxylic acids is 2. The van der Waals surface area contributed by atoms with Gasteiger partial charge in [-0.15, -0.1) is 0 Å². The van der Waals surface area contributed by atoms with Gasteiger partial charge in [-0.2, -0.15) is 0 Å². The van der Waals surface area contributed by atoms with Crippen molar-refractivity contribution in [1.82, 2.24) is 5.32 Å². The fourth-order valence-corrected chi connectivity index (χ4v) is 6.44. The maximum absolute atomic E-state index is 13.1. The van der Waals surface area contributed by atoms with Crippen LogP contribution in [0.1, 0.15) is 213 Å². The number of nitrogens with one attached hydrogen (secondary N) is 1. The number of ether oxygens (including phenoxy) is 1. The first-order valence-electron chi connectivity index (χ1n) is 21.7. The molecule has 6 nitrogen and oxygen atoms in total. The van der Waals surface area contributed by atoms with Crippen LogP contribution in [0.5, 0.6) is 0 Å². The fourth-order valence-electron chi connectivity index (χ4n) is 6.44. The molecule has 0 heterocycles. The molecule has 0 rings (SSSR count). The Bertz CT molecular complexity index is 854. The topological polar surface area (TPSA) is 95.9 Å². The molecule has 0 fully saturated rings. The smallest absolute Gasteiger partial charge is 0.306 e. The molecule has 0 saturated carbocycles. The van der Waals surface area contributed by atoms with Gasteiger partial charge in [0.1, 0.15) is 6.10 Å². The number of allylic oxidation sites excluding steroid dienone is 6. The molecule has 0 spiro atoms. The molecule has 0 saturated heterocycles. The van der Waals surface area contributed by atoms with Crippen molar-refractivity contribution in [2.24, 2.45) is 0 Å². The Balaban J connectivity index is 4.67. The number of aliphatic hydroxyl groups excluding tert-OH is 2. The molecule has 0 radical (unpaired) electrons. The quantitative estimate of drug-likeness (QED) is 0.0336. The lowest BCUT2D eigenvalue weighted by Gasteiger charge is -2.24. The average molecular weight is 718 g/mol. The molecule has 3 unspecified atom stereocenters. The first-order chi connectivity index (χ1) is 25.0. The van der Waals surface area contributed by atoms with Crippen LogP contribution in [-0.2, 0) is 14.3 Å². The first kappa shape index (κ1) is 49.1. The second-order valence-electron chi connectivity index (χ2n) is 14.7. The Morgan fingerprint density at radius 3 is 1.59 bits per heavy atom. The Kier molecular flexibility index (Phi) is 37.8. The second-order valence-corrected chi connectivity index (χ2v) is 14.7. The third-order valence-electron chi connectivity index (χ3n) is 9.73. The van der Waals surface area contributed by atoms with Crippen molar-refractivity contribution in [2.45, 2.75) is 232 Å². The molecule has 0 aliphatic rings. The van der Waals surface area contributed by atoms with E-state index in [0.717, 1.165) is 77.0 Å². The Labute approximate surface area is 315 Å². The average Bonchev–Trinajstić information content (AvgIpc) is 3.12. The molecule has 51 heavy (non-hydrogen) atoms. The van der Waals surface area contributed by atoms with E-state index in [2.05, 4.69) is 62.5 Å². The molecule has 0 aromatic heterocycles. The van der Waals surface area contributed by atoms with Crippen molar-refractivity contribution in [3.8, 4) is 0 Å². The molecule has 0 bridgehead atoms. The van der Waals surface area contributed by atoms with Crippen LogP contribution in [0, 0.1) is 0 Å². The predicted molar refractivity (Wildman–Crippen MR) is 218 cm³/mol.